The largest absolute Gasteiger partial charge is 0.488 e. The van der Waals surface area contributed by atoms with E-state index in [0.29, 0.717) is 27.5 Å². The molecular weight excluding hydrogens is 546 g/mol. The van der Waals surface area contributed by atoms with Gasteiger partial charge in [-0.3, -0.25) is 4.79 Å². The van der Waals surface area contributed by atoms with Crippen LogP contribution in [-0.4, -0.2) is 22.0 Å². The fourth-order valence-electron chi connectivity index (χ4n) is 2.95. The minimum absolute atomic E-state index is 0.0491. The Hall–Kier alpha value is -1.70. The van der Waals surface area contributed by atoms with Gasteiger partial charge in [0.15, 0.2) is 5.75 Å². The molecular formula is C23H24Br2ClN3O2. The molecule has 0 aliphatic carbocycles. The lowest BCUT2D eigenvalue weighted by atomic mass is 10.1. The molecule has 3 aromatic rings. The normalized spacial score (nSPS) is 13.6. The molecule has 3 rings (SSSR count). The zero-order chi connectivity index (χ0) is 22.7. The van der Waals surface area contributed by atoms with Gasteiger partial charge in [0.1, 0.15) is 5.82 Å². The highest BCUT2D eigenvalue weighted by molar-refractivity contribution is 9.10. The van der Waals surface area contributed by atoms with E-state index in [0.717, 1.165) is 27.4 Å². The molecule has 0 amide bonds. The quantitative estimate of drug-likeness (QED) is 0.284. The number of ether oxygens (including phenoxy) is 1. The molecule has 2 atom stereocenters. The van der Waals surface area contributed by atoms with Crippen molar-refractivity contribution in [1.29, 1.82) is 0 Å². The van der Waals surface area contributed by atoms with Crippen molar-refractivity contribution < 1.29 is 4.74 Å². The second-order valence-corrected chi connectivity index (χ2v) is 9.63. The Labute approximate surface area is 203 Å². The van der Waals surface area contributed by atoms with Crippen molar-refractivity contribution in [3.05, 3.63) is 66.0 Å². The van der Waals surface area contributed by atoms with Crippen molar-refractivity contribution in [2.24, 2.45) is 5.10 Å². The molecule has 0 aliphatic heterocycles. The molecule has 0 bridgehead atoms. The van der Waals surface area contributed by atoms with Gasteiger partial charge in [0.2, 0.25) is 0 Å². The molecule has 5 nitrogen and oxygen atoms in total. The highest BCUT2D eigenvalue weighted by Crippen LogP contribution is 2.35. The van der Waals surface area contributed by atoms with Gasteiger partial charge < -0.3 is 4.74 Å². The van der Waals surface area contributed by atoms with Crippen molar-refractivity contribution in [1.82, 2.24) is 9.66 Å². The molecule has 1 aromatic heterocycles. The lowest BCUT2D eigenvalue weighted by Crippen LogP contribution is -2.23. The van der Waals surface area contributed by atoms with E-state index in [-0.39, 0.29) is 17.6 Å². The molecule has 0 N–H and O–H groups in total. The second kappa shape index (κ2) is 10.3. The Morgan fingerprint density at radius 1 is 1.19 bits per heavy atom. The zero-order valence-corrected chi connectivity index (χ0v) is 21.8. The van der Waals surface area contributed by atoms with Crippen LogP contribution in [0.1, 0.15) is 57.8 Å². The molecule has 0 spiro atoms. The fraction of sp³-hybridized carbons (Fsp3) is 0.348. The van der Waals surface area contributed by atoms with Gasteiger partial charge in [0.05, 0.1) is 32.7 Å². The monoisotopic (exact) mass is 567 g/mol. The summed E-state index contributed by atoms with van der Waals surface area (Å²) in [6.07, 6.45) is 3.37. The molecule has 0 radical (unpaired) electrons. The van der Waals surface area contributed by atoms with Crippen molar-refractivity contribution >= 4 is 60.6 Å². The van der Waals surface area contributed by atoms with Gasteiger partial charge in [0, 0.05) is 10.4 Å². The molecule has 0 aliphatic rings. The number of fused-ring (bicyclic) bond motifs is 1. The van der Waals surface area contributed by atoms with Gasteiger partial charge in [-0.2, -0.15) is 9.78 Å². The molecule has 0 saturated heterocycles. The zero-order valence-electron chi connectivity index (χ0n) is 17.8. The Morgan fingerprint density at radius 2 is 1.94 bits per heavy atom. The lowest BCUT2D eigenvalue weighted by molar-refractivity contribution is 0.216. The molecule has 1 heterocycles. The summed E-state index contributed by atoms with van der Waals surface area (Å²) < 4.78 is 8.83. The van der Waals surface area contributed by atoms with Gasteiger partial charge in [-0.25, -0.2) is 4.98 Å². The van der Waals surface area contributed by atoms with Crippen LogP contribution in [0.5, 0.6) is 5.75 Å². The first-order valence-corrected chi connectivity index (χ1v) is 12.1. The van der Waals surface area contributed by atoms with Crippen LogP contribution >= 0.6 is 43.5 Å². The number of benzene rings is 2. The van der Waals surface area contributed by atoms with E-state index in [1.165, 1.54) is 4.68 Å². The highest BCUT2D eigenvalue weighted by Gasteiger charge is 2.16. The van der Waals surface area contributed by atoms with Crippen LogP contribution in [0.3, 0.4) is 0 Å². The van der Waals surface area contributed by atoms with E-state index >= 15 is 0 Å². The molecule has 0 unspecified atom stereocenters. The standard InChI is InChI=1S/C23H24Br2ClN3O2/c1-5-13(3)22-28-20-8-7-16(24)11-17(20)23(30)29(22)27-12-15-9-18(25)21(19(26)10-15)31-14(4)6-2/h7-14H,5-6H2,1-4H3/t13-,14-/m0/s1. The first-order valence-electron chi connectivity index (χ1n) is 10.2. The molecule has 164 valence electrons. The van der Waals surface area contributed by atoms with Crippen LogP contribution in [0.2, 0.25) is 5.02 Å². The lowest BCUT2D eigenvalue weighted by Gasteiger charge is -2.16. The van der Waals surface area contributed by atoms with Gasteiger partial charge in [0.25, 0.3) is 5.56 Å². The first-order chi connectivity index (χ1) is 14.7. The molecule has 8 heteroatoms. The smallest absolute Gasteiger partial charge is 0.282 e. The van der Waals surface area contributed by atoms with Crippen LogP contribution in [0, 0.1) is 0 Å². The van der Waals surface area contributed by atoms with E-state index < -0.39 is 0 Å². The van der Waals surface area contributed by atoms with Crippen molar-refractivity contribution in [2.45, 2.75) is 52.6 Å². The summed E-state index contributed by atoms with van der Waals surface area (Å²) in [4.78, 5) is 17.9. The predicted octanol–water partition coefficient (Wildman–Crippen LogP) is 7.15. The van der Waals surface area contributed by atoms with E-state index in [4.69, 9.17) is 21.3 Å². The minimum Gasteiger partial charge on any atom is -0.488 e. The van der Waals surface area contributed by atoms with Gasteiger partial charge in [-0.1, -0.05) is 48.3 Å². The SMILES string of the molecule is CC[C@H](C)Oc1c(Cl)cc(C=Nn2c([C@@H](C)CC)nc3ccc(Br)cc3c2=O)cc1Br. The molecule has 0 fully saturated rings. The number of halogens is 3. The summed E-state index contributed by atoms with van der Waals surface area (Å²) >= 11 is 13.4. The first kappa shape index (κ1) is 24.0. The number of nitrogens with zero attached hydrogens (tertiary/aromatic N) is 3. The molecule has 2 aromatic carbocycles. The topological polar surface area (TPSA) is 56.5 Å². The van der Waals surface area contributed by atoms with Crippen molar-refractivity contribution in [3.8, 4) is 5.75 Å². The summed E-state index contributed by atoms with van der Waals surface area (Å²) in [7, 11) is 0. The third-order valence-electron chi connectivity index (χ3n) is 5.12. The van der Waals surface area contributed by atoms with Crippen LogP contribution in [0.15, 0.2) is 49.2 Å². The van der Waals surface area contributed by atoms with Gasteiger partial charge in [-0.15, -0.1) is 0 Å². The highest BCUT2D eigenvalue weighted by atomic mass is 79.9. The number of hydrogen-bond acceptors (Lipinski definition) is 4. The van der Waals surface area contributed by atoms with Crippen LogP contribution < -0.4 is 10.3 Å². The van der Waals surface area contributed by atoms with Gasteiger partial charge in [-0.05, 0) is 71.6 Å². The summed E-state index contributed by atoms with van der Waals surface area (Å²) in [5.41, 5.74) is 1.19. The van der Waals surface area contributed by atoms with Crippen LogP contribution in [0.25, 0.3) is 10.9 Å². The Morgan fingerprint density at radius 3 is 2.58 bits per heavy atom. The third-order valence-corrected chi connectivity index (χ3v) is 6.49. The Bertz CT molecular complexity index is 1170. The summed E-state index contributed by atoms with van der Waals surface area (Å²) in [6.45, 7) is 8.14. The number of aromatic nitrogens is 2. The van der Waals surface area contributed by atoms with Gasteiger partial charge >= 0.3 is 0 Å². The summed E-state index contributed by atoms with van der Waals surface area (Å²) in [6, 6.07) is 9.13. The number of hydrogen-bond donors (Lipinski definition) is 0. The second-order valence-electron chi connectivity index (χ2n) is 7.45. The maximum atomic E-state index is 13.2. The molecule has 0 saturated carbocycles. The average molecular weight is 570 g/mol. The summed E-state index contributed by atoms with van der Waals surface area (Å²) in [5, 5.41) is 5.48. The van der Waals surface area contributed by atoms with Crippen LogP contribution in [-0.2, 0) is 0 Å². The summed E-state index contributed by atoms with van der Waals surface area (Å²) in [5.74, 6) is 1.29. The Balaban J connectivity index is 2.08. The fourth-order valence-corrected chi connectivity index (χ4v) is 4.27. The minimum atomic E-state index is -0.209. The predicted molar refractivity (Wildman–Crippen MR) is 135 cm³/mol. The van der Waals surface area contributed by atoms with Crippen molar-refractivity contribution in [2.75, 3.05) is 0 Å². The number of rotatable bonds is 7. The van der Waals surface area contributed by atoms with Crippen molar-refractivity contribution in [3.63, 3.8) is 0 Å². The van der Waals surface area contributed by atoms with E-state index in [1.807, 2.05) is 32.0 Å². The molecule has 31 heavy (non-hydrogen) atoms. The van der Waals surface area contributed by atoms with E-state index in [1.54, 1.807) is 18.3 Å². The van der Waals surface area contributed by atoms with Crippen LogP contribution in [0.4, 0.5) is 0 Å². The Kier molecular flexibility index (Phi) is 7.94. The maximum absolute atomic E-state index is 13.2. The average Bonchev–Trinajstić information content (AvgIpc) is 2.75. The van der Waals surface area contributed by atoms with E-state index in [9.17, 15) is 4.79 Å². The third kappa shape index (κ3) is 5.38. The maximum Gasteiger partial charge on any atom is 0.282 e. The van der Waals surface area contributed by atoms with E-state index in [2.05, 4.69) is 50.8 Å².